The average molecular weight is 292 g/mol. The predicted molar refractivity (Wildman–Crippen MR) is 83.0 cm³/mol. The number of rotatable bonds is 5. The summed E-state index contributed by atoms with van der Waals surface area (Å²) in [5.74, 6) is -1.35. The van der Waals surface area contributed by atoms with Crippen LogP contribution in [0.1, 0.15) is 5.56 Å². The van der Waals surface area contributed by atoms with Gasteiger partial charge < -0.3 is 10.8 Å². The van der Waals surface area contributed by atoms with Crippen molar-refractivity contribution in [3.05, 3.63) is 60.2 Å². The van der Waals surface area contributed by atoms with Crippen molar-refractivity contribution in [3.8, 4) is 11.1 Å². The first-order valence-electron chi connectivity index (χ1n) is 6.28. The standard InChI is InChI=1S/C16H17NO2.ClH/c17-11-15(16(18)19)10-12-6-8-14(9-7-12)13-4-2-1-3-5-13;/h1-9,15H,10-11,17H2,(H,18,19);1H/t15-;/m1./s1. The Labute approximate surface area is 124 Å². The van der Waals surface area contributed by atoms with E-state index in [1.54, 1.807) is 0 Å². The zero-order chi connectivity index (χ0) is 13.7. The third-order valence-electron chi connectivity index (χ3n) is 3.18. The second-order valence-electron chi connectivity index (χ2n) is 4.54. The summed E-state index contributed by atoms with van der Waals surface area (Å²) in [6.07, 6.45) is 0.473. The van der Waals surface area contributed by atoms with Gasteiger partial charge in [0.1, 0.15) is 0 Å². The predicted octanol–water partition coefficient (Wildman–Crippen LogP) is 2.98. The Hall–Kier alpha value is -1.84. The molecule has 0 spiro atoms. The Balaban J connectivity index is 0.00000200. The fourth-order valence-electron chi connectivity index (χ4n) is 2.02. The Bertz CT molecular complexity index is 540. The maximum Gasteiger partial charge on any atom is 0.308 e. The Kier molecular flexibility index (Phi) is 6.22. The summed E-state index contributed by atoms with van der Waals surface area (Å²) < 4.78 is 0. The van der Waals surface area contributed by atoms with Gasteiger partial charge in [-0.05, 0) is 23.1 Å². The van der Waals surface area contributed by atoms with Gasteiger partial charge in [0.05, 0.1) is 5.92 Å². The molecule has 20 heavy (non-hydrogen) atoms. The Morgan fingerprint density at radius 1 is 1.00 bits per heavy atom. The summed E-state index contributed by atoms with van der Waals surface area (Å²) in [6, 6.07) is 18.0. The van der Waals surface area contributed by atoms with Gasteiger partial charge >= 0.3 is 5.97 Å². The van der Waals surface area contributed by atoms with Crippen LogP contribution in [-0.2, 0) is 11.2 Å². The molecule has 0 aromatic heterocycles. The lowest BCUT2D eigenvalue weighted by molar-refractivity contribution is -0.141. The van der Waals surface area contributed by atoms with Crippen molar-refractivity contribution in [1.82, 2.24) is 0 Å². The maximum atomic E-state index is 10.9. The fraction of sp³-hybridized carbons (Fsp3) is 0.188. The second-order valence-corrected chi connectivity index (χ2v) is 4.54. The molecule has 2 aromatic rings. The molecule has 1 atom stereocenters. The summed E-state index contributed by atoms with van der Waals surface area (Å²) in [4.78, 5) is 10.9. The molecule has 0 aliphatic carbocycles. The van der Waals surface area contributed by atoms with Gasteiger partial charge in [0.15, 0.2) is 0 Å². The van der Waals surface area contributed by atoms with Crippen molar-refractivity contribution < 1.29 is 9.90 Å². The van der Waals surface area contributed by atoms with Gasteiger partial charge in [0.25, 0.3) is 0 Å². The highest BCUT2D eigenvalue weighted by molar-refractivity contribution is 5.85. The SMILES string of the molecule is Cl.NC[C@@H](Cc1ccc(-c2ccccc2)cc1)C(=O)O. The van der Waals surface area contributed by atoms with Gasteiger partial charge in [-0.3, -0.25) is 4.79 Å². The molecule has 4 heteroatoms. The molecular weight excluding hydrogens is 274 g/mol. The van der Waals surface area contributed by atoms with Crippen LogP contribution in [0.4, 0.5) is 0 Å². The van der Waals surface area contributed by atoms with Crippen LogP contribution in [0, 0.1) is 5.92 Å². The van der Waals surface area contributed by atoms with E-state index in [2.05, 4.69) is 12.1 Å². The van der Waals surface area contributed by atoms with E-state index < -0.39 is 11.9 Å². The number of halogens is 1. The quantitative estimate of drug-likeness (QED) is 0.890. The third-order valence-corrected chi connectivity index (χ3v) is 3.18. The molecule has 0 heterocycles. The molecule has 0 bridgehead atoms. The van der Waals surface area contributed by atoms with Gasteiger partial charge in [0.2, 0.25) is 0 Å². The number of aliphatic carboxylic acids is 1. The van der Waals surface area contributed by atoms with Crippen LogP contribution in [0.5, 0.6) is 0 Å². The Morgan fingerprint density at radius 3 is 2.05 bits per heavy atom. The molecule has 2 rings (SSSR count). The second kappa shape index (κ2) is 7.68. The molecule has 0 aliphatic rings. The number of benzene rings is 2. The minimum atomic E-state index is -0.838. The monoisotopic (exact) mass is 291 g/mol. The molecule has 0 radical (unpaired) electrons. The highest BCUT2D eigenvalue weighted by atomic mass is 35.5. The zero-order valence-electron chi connectivity index (χ0n) is 11.0. The van der Waals surface area contributed by atoms with Crippen molar-refractivity contribution in [3.63, 3.8) is 0 Å². The largest absolute Gasteiger partial charge is 0.481 e. The smallest absolute Gasteiger partial charge is 0.308 e. The van der Waals surface area contributed by atoms with Crippen molar-refractivity contribution in [2.45, 2.75) is 6.42 Å². The minimum absolute atomic E-state index is 0. The molecule has 3 N–H and O–H groups in total. The number of carboxylic acids is 1. The summed E-state index contributed by atoms with van der Waals surface area (Å²) in [5, 5.41) is 8.99. The fourth-order valence-corrected chi connectivity index (χ4v) is 2.02. The van der Waals surface area contributed by atoms with E-state index in [4.69, 9.17) is 10.8 Å². The number of carboxylic acid groups (broad SMARTS) is 1. The van der Waals surface area contributed by atoms with Crippen LogP contribution < -0.4 is 5.73 Å². The van der Waals surface area contributed by atoms with E-state index in [0.29, 0.717) is 6.42 Å². The first kappa shape index (κ1) is 16.2. The topological polar surface area (TPSA) is 63.3 Å². The van der Waals surface area contributed by atoms with Crippen LogP contribution in [0.2, 0.25) is 0 Å². The Morgan fingerprint density at radius 2 is 1.55 bits per heavy atom. The lowest BCUT2D eigenvalue weighted by Gasteiger charge is -2.10. The molecule has 2 aromatic carbocycles. The van der Waals surface area contributed by atoms with E-state index in [1.807, 2.05) is 42.5 Å². The van der Waals surface area contributed by atoms with E-state index in [-0.39, 0.29) is 19.0 Å². The number of carbonyl (C=O) groups is 1. The maximum absolute atomic E-state index is 10.9. The molecular formula is C16H18ClNO2. The van der Waals surface area contributed by atoms with Crippen LogP contribution in [0.25, 0.3) is 11.1 Å². The van der Waals surface area contributed by atoms with Crippen LogP contribution in [0.15, 0.2) is 54.6 Å². The van der Waals surface area contributed by atoms with Gasteiger partial charge in [-0.2, -0.15) is 0 Å². The minimum Gasteiger partial charge on any atom is -0.481 e. The number of nitrogens with two attached hydrogens (primary N) is 1. The lowest BCUT2D eigenvalue weighted by atomic mass is 9.97. The molecule has 0 fully saturated rings. The molecule has 3 nitrogen and oxygen atoms in total. The molecule has 0 aliphatic heterocycles. The average Bonchev–Trinajstić information content (AvgIpc) is 2.46. The van der Waals surface area contributed by atoms with Gasteiger partial charge in [-0.15, -0.1) is 12.4 Å². The van der Waals surface area contributed by atoms with E-state index in [0.717, 1.165) is 16.7 Å². The lowest BCUT2D eigenvalue weighted by Crippen LogP contribution is -2.25. The third kappa shape index (κ3) is 4.08. The summed E-state index contributed by atoms with van der Waals surface area (Å²) >= 11 is 0. The van der Waals surface area contributed by atoms with Crippen molar-refractivity contribution in [1.29, 1.82) is 0 Å². The zero-order valence-corrected chi connectivity index (χ0v) is 11.8. The molecule has 0 unspecified atom stereocenters. The van der Waals surface area contributed by atoms with Crippen molar-refractivity contribution >= 4 is 18.4 Å². The van der Waals surface area contributed by atoms with Gasteiger partial charge in [0, 0.05) is 6.54 Å². The molecule has 0 saturated carbocycles. The van der Waals surface area contributed by atoms with Crippen LogP contribution in [-0.4, -0.2) is 17.6 Å². The summed E-state index contributed by atoms with van der Waals surface area (Å²) in [6.45, 7) is 0.162. The van der Waals surface area contributed by atoms with Crippen LogP contribution in [0.3, 0.4) is 0 Å². The van der Waals surface area contributed by atoms with Crippen LogP contribution >= 0.6 is 12.4 Å². The number of hydrogen-bond acceptors (Lipinski definition) is 2. The van der Waals surface area contributed by atoms with Gasteiger partial charge in [-0.1, -0.05) is 54.6 Å². The summed E-state index contributed by atoms with van der Waals surface area (Å²) in [5.41, 5.74) is 8.74. The van der Waals surface area contributed by atoms with Crippen molar-refractivity contribution in [2.75, 3.05) is 6.54 Å². The van der Waals surface area contributed by atoms with Crippen molar-refractivity contribution in [2.24, 2.45) is 11.7 Å². The highest BCUT2D eigenvalue weighted by Gasteiger charge is 2.15. The first-order chi connectivity index (χ1) is 9.20. The number of hydrogen-bond donors (Lipinski definition) is 2. The van der Waals surface area contributed by atoms with Gasteiger partial charge in [-0.25, -0.2) is 0 Å². The van der Waals surface area contributed by atoms with E-state index in [1.165, 1.54) is 0 Å². The first-order valence-corrected chi connectivity index (χ1v) is 6.28. The molecule has 0 amide bonds. The van der Waals surface area contributed by atoms with E-state index in [9.17, 15) is 4.79 Å². The molecule has 0 saturated heterocycles. The molecule has 106 valence electrons. The highest BCUT2D eigenvalue weighted by Crippen LogP contribution is 2.20. The van der Waals surface area contributed by atoms with E-state index >= 15 is 0 Å². The normalized spacial score (nSPS) is 11.4. The summed E-state index contributed by atoms with van der Waals surface area (Å²) in [7, 11) is 0.